The second-order valence-corrected chi connectivity index (χ2v) is 10.5. The molecule has 0 aromatic carbocycles. The Morgan fingerprint density at radius 1 is 0.857 bits per heavy atom. The van der Waals surface area contributed by atoms with E-state index in [1.807, 2.05) is 0 Å². The van der Waals surface area contributed by atoms with Gasteiger partial charge in [0.05, 0.1) is 0 Å². The van der Waals surface area contributed by atoms with Crippen LogP contribution < -0.4 is 0 Å². The molecule has 2 amide bonds. The predicted molar refractivity (Wildman–Crippen MR) is 116 cm³/mol. The molecule has 0 bridgehead atoms. The van der Waals surface area contributed by atoms with Crippen LogP contribution in [0.4, 0.5) is 0 Å². The number of piperidine rings is 1. The number of hydrogen-bond acceptors (Lipinski definition) is 3. The standard InChI is InChI=1S/C24H44N2O2/c1-7-8-9-10-11-12-13-14-15-19-16-21(27)26(22(19)28)20-17-23(2,3)25(6)24(4,5)18-20/h19-20H,7-18H2,1-6H3. The lowest BCUT2D eigenvalue weighted by Crippen LogP contribution is -2.63. The van der Waals surface area contributed by atoms with Crippen molar-refractivity contribution in [3.63, 3.8) is 0 Å². The first-order chi connectivity index (χ1) is 13.1. The van der Waals surface area contributed by atoms with E-state index >= 15 is 0 Å². The Morgan fingerprint density at radius 3 is 1.89 bits per heavy atom. The number of hydrogen-bond donors (Lipinski definition) is 0. The maximum Gasteiger partial charge on any atom is 0.233 e. The largest absolute Gasteiger partial charge is 0.296 e. The zero-order valence-corrected chi connectivity index (χ0v) is 19.4. The van der Waals surface area contributed by atoms with E-state index in [1.165, 1.54) is 44.9 Å². The predicted octanol–water partition coefficient (Wildman–Crippen LogP) is 5.54. The molecule has 0 aliphatic carbocycles. The van der Waals surface area contributed by atoms with Gasteiger partial charge in [-0.3, -0.25) is 19.4 Å². The van der Waals surface area contributed by atoms with Gasteiger partial charge < -0.3 is 0 Å². The summed E-state index contributed by atoms with van der Waals surface area (Å²) >= 11 is 0. The molecule has 4 nitrogen and oxygen atoms in total. The smallest absolute Gasteiger partial charge is 0.233 e. The lowest BCUT2D eigenvalue weighted by molar-refractivity contribution is -0.146. The van der Waals surface area contributed by atoms with E-state index in [1.54, 1.807) is 4.90 Å². The number of amides is 2. The second-order valence-electron chi connectivity index (χ2n) is 10.5. The maximum atomic E-state index is 13.0. The third-order valence-electron chi connectivity index (χ3n) is 7.33. The molecule has 162 valence electrons. The average molecular weight is 393 g/mol. The molecule has 0 aromatic rings. The minimum absolute atomic E-state index is 0.0111. The lowest BCUT2D eigenvalue weighted by Gasteiger charge is -2.54. The first kappa shape index (κ1) is 23.4. The van der Waals surface area contributed by atoms with Gasteiger partial charge in [0.15, 0.2) is 0 Å². The summed E-state index contributed by atoms with van der Waals surface area (Å²) in [6.07, 6.45) is 13.2. The van der Waals surface area contributed by atoms with Crippen molar-refractivity contribution in [2.24, 2.45) is 5.92 Å². The zero-order chi connectivity index (χ0) is 20.9. The van der Waals surface area contributed by atoms with Gasteiger partial charge in [-0.1, -0.05) is 58.3 Å². The molecule has 2 fully saturated rings. The fourth-order valence-corrected chi connectivity index (χ4v) is 5.35. The Hall–Kier alpha value is -0.900. The van der Waals surface area contributed by atoms with Crippen molar-refractivity contribution in [2.75, 3.05) is 7.05 Å². The maximum absolute atomic E-state index is 13.0. The van der Waals surface area contributed by atoms with Gasteiger partial charge in [0, 0.05) is 29.5 Å². The van der Waals surface area contributed by atoms with Crippen molar-refractivity contribution in [2.45, 2.75) is 129 Å². The van der Waals surface area contributed by atoms with Crippen LogP contribution in [0.15, 0.2) is 0 Å². The molecule has 0 aromatic heterocycles. The van der Waals surface area contributed by atoms with Gasteiger partial charge in [-0.05, 0) is 54.0 Å². The highest BCUT2D eigenvalue weighted by atomic mass is 16.2. The van der Waals surface area contributed by atoms with Crippen molar-refractivity contribution in [1.82, 2.24) is 9.80 Å². The summed E-state index contributed by atoms with van der Waals surface area (Å²) in [6.45, 7) is 11.2. The van der Waals surface area contributed by atoms with Gasteiger partial charge in [-0.25, -0.2) is 0 Å². The van der Waals surface area contributed by atoms with E-state index < -0.39 is 0 Å². The summed E-state index contributed by atoms with van der Waals surface area (Å²) in [7, 11) is 2.16. The molecule has 1 atom stereocenters. The number of carbonyl (C=O) groups is 2. The van der Waals surface area contributed by atoms with Gasteiger partial charge in [-0.15, -0.1) is 0 Å². The van der Waals surface area contributed by atoms with Crippen LogP contribution in [0.5, 0.6) is 0 Å². The van der Waals surface area contributed by atoms with Crippen LogP contribution in [0, 0.1) is 5.92 Å². The fraction of sp³-hybridized carbons (Fsp3) is 0.917. The third kappa shape index (κ3) is 5.58. The summed E-state index contributed by atoms with van der Waals surface area (Å²) in [5.74, 6) is 0.100. The van der Waals surface area contributed by atoms with Gasteiger partial charge in [0.1, 0.15) is 0 Å². The van der Waals surface area contributed by atoms with E-state index in [4.69, 9.17) is 0 Å². The highest BCUT2D eigenvalue weighted by molar-refractivity contribution is 6.03. The number of unbranched alkanes of at least 4 members (excludes halogenated alkanes) is 7. The van der Waals surface area contributed by atoms with Crippen molar-refractivity contribution in [3.05, 3.63) is 0 Å². The van der Waals surface area contributed by atoms with Crippen LogP contribution >= 0.6 is 0 Å². The normalized spacial score (nSPS) is 25.6. The molecule has 0 saturated carbocycles. The number of carbonyl (C=O) groups excluding carboxylic acids is 2. The first-order valence-electron chi connectivity index (χ1n) is 11.7. The first-order valence-corrected chi connectivity index (χ1v) is 11.7. The zero-order valence-electron chi connectivity index (χ0n) is 19.4. The van der Waals surface area contributed by atoms with E-state index in [2.05, 4.69) is 46.6 Å². The molecule has 2 aliphatic heterocycles. The van der Waals surface area contributed by atoms with Crippen molar-refractivity contribution in [1.29, 1.82) is 0 Å². The number of imide groups is 1. The minimum Gasteiger partial charge on any atom is -0.296 e. The van der Waals surface area contributed by atoms with Gasteiger partial charge in [0.25, 0.3) is 0 Å². The molecule has 2 saturated heterocycles. The summed E-state index contributed by atoms with van der Waals surface area (Å²) in [5.41, 5.74) is -0.0221. The molecule has 4 heteroatoms. The topological polar surface area (TPSA) is 40.6 Å². The molecular weight excluding hydrogens is 348 g/mol. The Kier molecular flexibility index (Phi) is 8.13. The highest BCUT2D eigenvalue weighted by Gasteiger charge is 2.50. The van der Waals surface area contributed by atoms with Crippen molar-refractivity contribution >= 4 is 11.8 Å². The quantitative estimate of drug-likeness (QED) is 0.362. The molecular formula is C24H44N2O2. The Bertz CT molecular complexity index is 523. The van der Waals surface area contributed by atoms with E-state index in [0.29, 0.717) is 6.42 Å². The highest BCUT2D eigenvalue weighted by Crippen LogP contribution is 2.41. The molecule has 0 spiro atoms. The Balaban J connectivity index is 1.83. The summed E-state index contributed by atoms with van der Waals surface area (Å²) < 4.78 is 0. The molecule has 2 rings (SSSR count). The fourth-order valence-electron chi connectivity index (χ4n) is 5.35. The van der Waals surface area contributed by atoms with E-state index in [0.717, 1.165) is 25.7 Å². The second kappa shape index (κ2) is 9.73. The van der Waals surface area contributed by atoms with Gasteiger partial charge >= 0.3 is 0 Å². The van der Waals surface area contributed by atoms with Crippen LogP contribution in [-0.4, -0.2) is 45.8 Å². The lowest BCUT2D eigenvalue weighted by atomic mass is 9.77. The third-order valence-corrected chi connectivity index (χ3v) is 7.33. The Morgan fingerprint density at radius 2 is 1.36 bits per heavy atom. The van der Waals surface area contributed by atoms with Crippen LogP contribution in [0.2, 0.25) is 0 Å². The average Bonchev–Trinajstić information content (AvgIpc) is 2.88. The van der Waals surface area contributed by atoms with Crippen LogP contribution in [0.25, 0.3) is 0 Å². The van der Waals surface area contributed by atoms with Gasteiger partial charge in [0.2, 0.25) is 11.8 Å². The number of likely N-dealkylation sites (tertiary alicyclic amines) is 2. The molecule has 1 unspecified atom stereocenters. The molecule has 2 aliphatic rings. The summed E-state index contributed by atoms with van der Waals surface area (Å²) in [4.78, 5) is 29.8. The SMILES string of the molecule is CCCCCCCCCCC1CC(=O)N(C2CC(C)(C)N(C)C(C)(C)C2)C1=O. The van der Waals surface area contributed by atoms with Crippen LogP contribution in [0.1, 0.15) is 112 Å². The van der Waals surface area contributed by atoms with Crippen molar-refractivity contribution in [3.8, 4) is 0 Å². The summed E-state index contributed by atoms with van der Waals surface area (Å²) in [6, 6.07) is 0.0461. The van der Waals surface area contributed by atoms with E-state index in [9.17, 15) is 9.59 Å². The van der Waals surface area contributed by atoms with Crippen molar-refractivity contribution < 1.29 is 9.59 Å². The minimum atomic E-state index is -0.0709. The molecule has 2 heterocycles. The monoisotopic (exact) mass is 392 g/mol. The molecule has 28 heavy (non-hydrogen) atoms. The molecule has 0 N–H and O–H groups in total. The van der Waals surface area contributed by atoms with Crippen LogP contribution in [-0.2, 0) is 9.59 Å². The number of nitrogens with zero attached hydrogens (tertiary/aromatic N) is 2. The molecule has 0 radical (unpaired) electrons. The van der Waals surface area contributed by atoms with E-state index in [-0.39, 0.29) is 34.9 Å². The summed E-state index contributed by atoms with van der Waals surface area (Å²) in [5, 5.41) is 0. The number of rotatable bonds is 10. The van der Waals surface area contributed by atoms with Gasteiger partial charge in [-0.2, -0.15) is 0 Å². The Labute approximate surface area is 173 Å². The van der Waals surface area contributed by atoms with Crippen LogP contribution in [0.3, 0.4) is 0 Å².